The highest BCUT2D eigenvalue weighted by molar-refractivity contribution is 5.98. The highest BCUT2D eigenvalue weighted by Gasteiger charge is 2.13. The molecule has 1 unspecified atom stereocenters. The largest absolute Gasteiger partial charge is 0.352 e. The molecule has 5 heteroatoms. The lowest BCUT2D eigenvalue weighted by atomic mass is 9.97. The van der Waals surface area contributed by atoms with Gasteiger partial charge in [-0.05, 0) is 57.6 Å². The predicted octanol–water partition coefficient (Wildman–Crippen LogP) is 3.23. The van der Waals surface area contributed by atoms with Gasteiger partial charge in [0.15, 0.2) is 0 Å². The second kappa shape index (κ2) is 9.21. The lowest BCUT2D eigenvalue weighted by Gasteiger charge is -2.13. The van der Waals surface area contributed by atoms with E-state index in [-0.39, 0.29) is 23.6 Å². The van der Waals surface area contributed by atoms with Crippen LogP contribution in [0, 0.1) is 0 Å². The molecule has 1 heterocycles. The number of amides is 2. The van der Waals surface area contributed by atoms with Crippen molar-refractivity contribution < 1.29 is 9.59 Å². The number of aromatic nitrogens is 1. The minimum absolute atomic E-state index is 0.0838. The van der Waals surface area contributed by atoms with E-state index < -0.39 is 0 Å². The molecule has 0 saturated carbocycles. The number of nitrogens with one attached hydrogen (secondary N) is 2. The maximum atomic E-state index is 12.2. The van der Waals surface area contributed by atoms with Crippen molar-refractivity contribution in [2.75, 3.05) is 6.54 Å². The van der Waals surface area contributed by atoms with Crippen molar-refractivity contribution in [3.63, 3.8) is 0 Å². The molecule has 2 amide bonds. The van der Waals surface area contributed by atoms with Gasteiger partial charge in [0.25, 0.3) is 11.8 Å². The van der Waals surface area contributed by atoms with Crippen molar-refractivity contribution in [3.8, 4) is 0 Å². The number of rotatable bonds is 7. The molecule has 0 aliphatic heterocycles. The molecule has 5 nitrogen and oxygen atoms in total. The van der Waals surface area contributed by atoms with Gasteiger partial charge in [0.1, 0.15) is 5.69 Å². The summed E-state index contributed by atoms with van der Waals surface area (Å²) < 4.78 is 0. The number of allylic oxidation sites excluding steroid dienone is 1. The Kier molecular flexibility index (Phi) is 6.97. The van der Waals surface area contributed by atoms with Crippen LogP contribution < -0.4 is 10.6 Å². The second-order valence-corrected chi connectivity index (χ2v) is 6.33. The van der Waals surface area contributed by atoms with Gasteiger partial charge in [-0.2, -0.15) is 0 Å². The lowest BCUT2D eigenvalue weighted by molar-refractivity contribution is 0.0934. The number of carbonyl (C=O) groups excluding carboxylic acids is 2. The van der Waals surface area contributed by atoms with E-state index >= 15 is 0 Å². The maximum absolute atomic E-state index is 12.2. The van der Waals surface area contributed by atoms with Gasteiger partial charge >= 0.3 is 0 Å². The first-order valence-electron chi connectivity index (χ1n) is 8.83. The number of hydrogen-bond acceptors (Lipinski definition) is 3. The minimum Gasteiger partial charge on any atom is -0.352 e. The molecule has 2 N–H and O–H groups in total. The Morgan fingerprint density at radius 2 is 2.12 bits per heavy atom. The van der Waals surface area contributed by atoms with E-state index in [0.717, 1.165) is 25.7 Å². The summed E-state index contributed by atoms with van der Waals surface area (Å²) in [4.78, 5) is 28.4. The SMILES string of the molecule is CCC(C)NC(=O)c1cc(C(=O)NCCC2=CCCCC2)ccn1. The first-order chi connectivity index (χ1) is 11.6. The molecule has 1 aromatic rings. The Bertz CT molecular complexity index is 610. The van der Waals surface area contributed by atoms with Crippen molar-refractivity contribution in [2.24, 2.45) is 0 Å². The van der Waals surface area contributed by atoms with Gasteiger partial charge < -0.3 is 10.6 Å². The van der Waals surface area contributed by atoms with E-state index in [1.54, 1.807) is 12.1 Å². The first-order valence-corrected chi connectivity index (χ1v) is 8.83. The molecular formula is C19H27N3O2. The van der Waals surface area contributed by atoms with E-state index in [0.29, 0.717) is 12.1 Å². The average molecular weight is 329 g/mol. The van der Waals surface area contributed by atoms with Gasteiger partial charge in [0.05, 0.1) is 0 Å². The summed E-state index contributed by atoms with van der Waals surface area (Å²) in [6.07, 6.45) is 10.4. The van der Waals surface area contributed by atoms with Crippen molar-refractivity contribution in [1.29, 1.82) is 0 Å². The summed E-state index contributed by atoms with van der Waals surface area (Å²) in [5, 5.41) is 5.78. The molecule has 0 radical (unpaired) electrons. The normalized spacial score (nSPS) is 15.3. The van der Waals surface area contributed by atoms with E-state index in [1.807, 2.05) is 13.8 Å². The smallest absolute Gasteiger partial charge is 0.270 e. The molecule has 0 aromatic carbocycles. The fourth-order valence-corrected chi connectivity index (χ4v) is 2.67. The van der Waals surface area contributed by atoms with E-state index in [2.05, 4.69) is 21.7 Å². The van der Waals surface area contributed by atoms with Crippen molar-refractivity contribution in [2.45, 2.75) is 58.4 Å². The summed E-state index contributed by atoms with van der Waals surface area (Å²) in [5.41, 5.74) is 2.18. The van der Waals surface area contributed by atoms with Crippen LogP contribution in [0.3, 0.4) is 0 Å². The van der Waals surface area contributed by atoms with Crippen molar-refractivity contribution in [1.82, 2.24) is 15.6 Å². The minimum atomic E-state index is -0.244. The summed E-state index contributed by atoms with van der Waals surface area (Å²) in [5.74, 6) is -0.405. The van der Waals surface area contributed by atoms with Crippen LogP contribution in [0.15, 0.2) is 30.0 Å². The zero-order chi connectivity index (χ0) is 17.4. The van der Waals surface area contributed by atoms with Crippen LogP contribution in [0.2, 0.25) is 0 Å². The fourth-order valence-electron chi connectivity index (χ4n) is 2.67. The van der Waals surface area contributed by atoms with Gasteiger partial charge in [-0.25, -0.2) is 0 Å². The summed E-state index contributed by atoms with van der Waals surface area (Å²) in [7, 11) is 0. The van der Waals surface area contributed by atoms with Crippen LogP contribution in [0.25, 0.3) is 0 Å². The fraction of sp³-hybridized carbons (Fsp3) is 0.526. The molecule has 1 aliphatic rings. The third-order valence-electron chi connectivity index (χ3n) is 4.36. The molecule has 130 valence electrons. The molecule has 1 aliphatic carbocycles. The quantitative estimate of drug-likeness (QED) is 0.755. The van der Waals surface area contributed by atoms with E-state index in [9.17, 15) is 9.59 Å². The summed E-state index contributed by atoms with van der Waals surface area (Å²) >= 11 is 0. The Labute approximate surface area is 143 Å². The Morgan fingerprint density at radius 3 is 2.83 bits per heavy atom. The van der Waals surface area contributed by atoms with Crippen LogP contribution in [-0.2, 0) is 0 Å². The highest BCUT2D eigenvalue weighted by atomic mass is 16.2. The zero-order valence-electron chi connectivity index (χ0n) is 14.6. The number of carbonyl (C=O) groups is 2. The maximum Gasteiger partial charge on any atom is 0.270 e. The van der Waals surface area contributed by atoms with Crippen LogP contribution in [0.5, 0.6) is 0 Å². The Morgan fingerprint density at radius 1 is 1.29 bits per heavy atom. The van der Waals surface area contributed by atoms with Crippen molar-refractivity contribution >= 4 is 11.8 Å². The van der Waals surface area contributed by atoms with E-state index in [1.165, 1.54) is 24.6 Å². The van der Waals surface area contributed by atoms with Gasteiger partial charge in [-0.15, -0.1) is 0 Å². The summed E-state index contributed by atoms with van der Waals surface area (Å²) in [6, 6.07) is 3.27. The molecule has 0 bridgehead atoms. The molecule has 0 spiro atoms. The zero-order valence-corrected chi connectivity index (χ0v) is 14.6. The Balaban J connectivity index is 1.88. The molecular weight excluding hydrogens is 302 g/mol. The molecule has 24 heavy (non-hydrogen) atoms. The van der Waals surface area contributed by atoms with Gasteiger partial charge in [-0.3, -0.25) is 14.6 Å². The van der Waals surface area contributed by atoms with Gasteiger partial charge in [0, 0.05) is 24.3 Å². The van der Waals surface area contributed by atoms with Crippen LogP contribution in [-0.4, -0.2) is 29.4 Å². The monoisotopic (exact) mass is 329 g/mol. The number of hydrogen-bond donors (Lipinski definition) is 2. The summed E-state index contributed by atoms with van der Waals surface area (Å²) in [6.45, 7) is 4.57. The van der Waals surface area contributed by atoms with Gasteiger partial charge in [-0.1, -0.05) is 18.6 Å². The predicted molar refractivity (Wildman–Crippen MR) is 95.0 cm³/mol. The van der Waals surface area contributed by atoms with Gasteiger partial charge in [0.2, 0.25) is 0 Å². The number of pyridine rings is 1. The lowest BCUT2D eigenvalue weighted by Crippen LogP contribution is -2.33. The standard InChI is InChI=1S/C19H27N3O2/c1-3-14(2)22-19(24)17-13-16(10-12-20-17)18(23)21-11-9-15-7-5-4-6-8-15/h7,10,12-14H,3-6,8-9,11H2,1-2H3,(H,21,23)(H,22,24). The van der Waals surface area contributed by atoms with Crippen LogP contribution in [0.1, 0.15) is 73.2 Å². The second-order valence-electron chi connectivity index (χ2n) is 6.33. The average Bonchev–Trinajstić information content (AvgIpc) is 2.62. The topological polar surface area (TPSA) is 71.1 Å². The third kappa shape index (κ3) is 5.48. The number of nitrogens with zero attached hydrogens (tertiary/aromatic N) is 1. The van der Waals surface area contributed by atoms with Crippen LogP contribution in [0.4, 0.5) is 0 Å². The molecule has 0 fully saturated rings. The van der Waals surface area contributed by atoms with E-state index in [4.69, 9.17) is 0 Å². The first kappa shape index (κ1) is 18.2. The molecule has 0 saturated heterocycles. The molecule has 2 rings (SSSR count). The Hall–Kier alpha value is -2.17. The van der Waals surface area contributed by atoms with Crippen LogP contribution >= 0.6 is 0 Å². The highest BCUT2D eigenvalue weighted by Crippen LogP contribution is 2.19. The molecule has 1 aromatic heterocycles. The van der Waals surface area contributed by atoms with Crippen molar-refractivity contribution in [3.05, 3.63) is 41.2 Å². The third-order valence-corrected chi connectivity index (χ3v) is 4.36. The molecule has 1 atom stereocenters.